The molecule has 1 aromatic rings. The molecule has 1 aliphatic rings. The van der Waals surface area contributed by atoms with Crippen LogP contribution in [0.3, 0.4) is 0 Å². The summed E-state index contributed by atoms with van der Waals surface area (Å²) < 4.78 is 27.6. The zero-order valence-electron chi connectivity index (χ0n) is 9.96. The Morgan fingerprint density at radius 3 is 2.41 bits per heavy atom. The molecule has 1 unspecified atom stereocenters. The number of halogens is 2. The van der Waals surface area contributed by atoms with Gasteiger partial charge in [0.1, 0.15) is 5.67 Å². The number of hydrogen-bond acceptors (Lipinski definition) is 1. The third-order valence-electron chi connectivity index (χ3n) is 3.66. The normalized spacial score (nSPS) is 21.1. The Morgan fingerprint density at radius 2 is 1.82 bits per heavy atom. The second-order valence-corrected chi connectivity index (χ2v) is 4.73. The summed E-state index contributed by atoms with van der Waals surface area (Å²) >= 11 is 0. The van der Waals surface area contributed by atoms with Gasteiger partial charge in [-0.25, -0.2) is 4.39 Å². The van der Waals surface area contributed by atoms with Crippen molar-refractivity contribution in [3.63, 3.8) is 0 Å². The predicted molar refractivity (Wildman–Crippen MR) is 65.7 cm³/mol. The van der Waals surface area contributed by atoms with Crippen LogP contribution in [0.25, 0.3) is 0 Å². The quantitative estimate of drug-likeness (QED) is 0.850. The van der Waals surface area contributed by atoms with Crippen molar-refractivity contribution in [1.29, 1.82) is 0 Å². The standard InChI is InChI=1S/C14H19F2N/c15-9-6-13(12-4-2-1-3-5-12)14(16)7-10-17-11-8-14/h1-5,13,17H,6-11H2. The van der Waals surface area contributed by atoms with E-state index in [9.17, 15) is 8.78 Å². The molecule has 0 saturated carbocycles. The van der Waals surface area contributed by atoms with E-state index in [-0.39, 0.29) is 12.3 Å². The minimum Gasteiger partial charge on any atom is -0.316 e. The Hall–Kier alpha value is -0.960. The summed E-state index contributed by atoms with van der Waals surface area (Å²) in [6, 6.07) is 9.51. The van der Waals surface area contributed by atoms with Gasteiger partial charge in [-0.05, 0) is 37.9 Å². The molecule has 1 N–H and O–H groups in total. The highest BCUT2D eigenvalue weighted by Gasteiger charge is 2.40. The van der Waals surface area contributed by atoms with Gasteiger partial charge in [0.15, 0.2) is 0 Å². The third-order valence-corrected chi connectivity index (χ3v) is 3.66. The van der Waals surface area contributed by atoms with Crippen LogP contribution in [0.15, 0.2) is 30.3 Å². The molecule has 1 heterocycles. The van der Waals surface area contributed by atoms with Crippen LogP contribution in [0.5, 0.6) is 0 Å². The third kappa shape index (κ3) is 2.83. The van der Waals surface area contributed by atoms with Crippen LogP contribution in [-0.2, 0) is 0 Å². The van der Waals surface area contributed by atoms with Crippen molar-refractivity contribution < 1.29 is 8.78 Å². The molecule has 1 atom stereocenters. The maximum atomic E-state index is 14.9. The van der Waals surface area contributed by atoms with E-state index in [1.165, 1.54) is 0 Å². The lowest BCUT2D eigenvalue weighted by Gasteiger charge is -2.37. The lowest BCUT2D eigenvalue weighted by atomic mass is 9.76. The number of nitrogens with one attached hydrogen (secondary N) is 1. The number of alkyl halides is 2. The molecule has 0 bridgehead atoms. The van der Waals surface area contributed by atoms with Gasteiger partial charge in [-0.3, -0.25) is 4.39 Å². The van der Waals surface area contributed by atoms with E-state index >= 15 is 0 Å². The van der Waals surface area contributed by atoms with Gasteiger partial charge >= 0.3 is 0 Å². The number of rotatable bonds is 4. The smallest absolute Gasteiger partial charge is 0.120 e. The van der Waals surface area contributed by atoms with Crippen molar-refractivity contribution in [3.05, 3.63) is 35.9 Å². The van der Waals surface area contributed by atoms with Crippen LogP contribution in [-0.4, -0.2) is 25.4 Å². The fraction of sp³-hybridized carbons (Fsp3) is 0.571. The van der Waals surface area contributed by atoms with E-state index < -0.39 is 12.3 Å². The van der Waals surface area contributed by atoms with Crippen molar-refractivity contribution >= 4 is 0 Å². The Bertz CT molecular complexity index is 333. The first kappa shape index (κ1) is 12.5. The SMILES string of the molecule is FCCC(c1ccccc1)C1(F)CCNCC1. The van der Waals surface area contributed by atoms with Gasteiger partial charge in [0, 0.05) is 5.92 Å². The molecular weight excluding hydrogens is 220 g/mol. The van der Waals surface area contributed by atoms with Gasteiger partial charge in [-0.2, -0.15) is 0 Å². The predicted octanol–water partition coefficient (Wildman–Crippen LogP) is 3.22. The van der Waals surface area contributed by atoms with Crippen LogP contribution in [0, 0.1) is 0 Å². The maximum absolute atomic E-state index is 14.9. The highest BCUT2D eigenvalue weighted by Crippen LogP contribution is 2.40. The van der Waals surface area contributed by atoms with E-state index in [2.05, 4.69) is 5.32 Å². The second kappa shape index (κ2) is 5.58. The van der Waals surface area contributed by atoms with Crippen molar-refractivity contribution in [1.82, 2.24) is 5.32 Å². The molecule has 2 rings (SSSR count). The first-order valence-corrected chi connectivity index (χ1v) is 6.27. The van der Waals surface area contributed by atoms with Crippen LogP contribution < -0.4 is 5.32 Å². The lowest BCUT2D eigenvalue weighted by Crippen LogP contribution is -2.43. The Labute approximate surface area is 101 Å². The van der Waals surface area contributed by atoms with Gasteiger partial charge in [0.25, 0.3) is 0 Å². The Balaban J connectivity index is 2.22. The molecular formula is C14H19F2N. The minimum atomic E-state index is -1.25. The Kier molecular flexibility index (Phi) is 4.11. The lowest BCUT2D eigenvalue weighted by molar-refractivity contribution is 0.0742. The second-order valence-electron chi connectivity index (χ2n) is 4.73. The van der Waals surface area contributed by atoms with E-state index in [1.807, 2.05) is 30.3 Å². The van der Waals surface area contributed by atoms with Gasteiger partial charge in [-0.15, -0.1) is 0 Å². The topological polar surface area (TPSA) is 12.0 Å². The summed E-state index contributed by atoms with van der Waals surface area (Å²) in [5.74, 6) is -0.309. The zero-order valence-corrected chi connectivity index (χ0v) is 9.96. The van der Waals surface area contributed by atoms with Gasteiger partial charge < -0.3 is 5.32 Å². The summed E-state index contributed by atoms with van der Waals surface area (Å²) in [7, 11) is 0. The molecule has 1 nitrogen and oxygen atoms in total. The van der Waals surface area contributed by atoms with Crippen molar-refractivity contribution in [3.8, 4) is 0 Å². The fourth-order valence-corrected chi connectivity index (χ4v) is 2.71. The molecule has 1 aromatic carbocycles. The molecule has 94 valence electrons. The van der Waals surface area contributed by atoms with E-state index in [1.54, 1.807) is 0 Å². The van der Waals surface area contributed by atoms with Crippen LogP contribution in [0.2, 0.25) is 0 Å². The molecule has 1 fully saturated rings. The molecule has 0 spiro atoms. The highest BCUT2D eigenvalue weighted by molar-refractivity contribution is 5.23. The van der Waals surface area contributed by atoms with Crippen LogP contribution in [0.4, 0.5) is 8.78 Å². The number of benzene rings is 1. The molecule has 0 radical (unpaired) electrons. The van der Waals surface area contributed by atoms with Crippen LogP contribution >= 0.6 is 0 Å². The average Bonchev–Trinajstić information content (AvgIpc) is 2.38. The summed E-state index contributed by atoms with van der Waals surface area (Å²) in [6.45, 7) is 0.914. The van der Waals surface area contributed by atoms with Crippen molar-refractivity contribution in [2.45, 2.75) is 30.8 Å². The molecule has 0 aliphatic carbocycles. The fourth-order valence-electron chi connectivity index (χ4n) is 2.71. The first-order valence-electron chi connectivity index (χ1n) is 6.27. The number of piperidine rings is 1. The molecule has 0 amide bonds. The Morgan fingerprint density at radius 1 is 1.18 bits per heavy atom. The first-order chi connectivity index (χ1) is 8.26. The van der Waals surface area contributed by atoms with Gasteiger partial charge in [-0.1, -0.05) is 30.3 Å². The number of hydrogen-bond donors (Lipinski definition) is 1. The van der Waals surface area contributed by atoms with E-state index in [0.29, 0.717) is 25.9 Å². The average molecular weight is 239 g/mol. The molecule has 17 heavy (non-hydrogen) atoms. The van der Waals surface area contributed by atoms with Gasteiger partial charge in [0.05, 0.1) is 6.67 Å². The monoisotopic (exact) mass is 239 g/mol. The summed E-state index contributed by atoms with van der Waals surface area (Å²) in [6.07, 6.45) is 1.24. The van der Waals surface area contributed by atoms with Gasteiger partial charge in [0.2, 0.25) is 0 Å². The van der Waals surface area contributed by atoms with E-state index in [4.69, 9.17) is 0 Å². The van der Waals surface area contributed by atoms with Crippen LogP contribution in [0.1, 0.15) is 30.7 Å². The summed E-state index contributed by atoms with van der Waals surface area (Å²) in [5, 5.41) is 3.15. The molecule has 3 heteroatoms. The van der Waals surface area contributed by atoms with Crippen molar-refractivity contribution in [2.75, 3.05) is 19.8 Å². The minimum absolute atomic E-state index is 0.278. The van der Waals surface area contributed by atoms with E-state index in [0.717, 1.165) is 5.56 Å². The zero-order chi connectivity index (χ0) is 12.1. The maximum Gasteiger partial charge on any atom is 0.120 e. The summed E-state index contributed by atoms with van der Waals surface area (Å²) in [5.41, 5.74) is -0.326. The largest absolute Gasteiger partial charge is 0.316 e. The van der Waals surface area contributed by atoms with Crippen molar-refractivity contribution in [2.24, 2.45) is 0 Å². The summed E-state index contributed by atoms with van der Waals surface area (Å²) in [4.78, 5) is 0. The molecule has 1 aliphatic heterocycles. The molecule has 1 saturated heterocycles. The highest BCUT2D eigenvalue weighted by atomic mass is 19.1. The molecule has 0 aromatic heterocycles.